The van der Waals surface area contributed by atoms with Crippen LogP contribution in [-0.2, 0) is 14.8 Å². The second-order valence-electron chi connectivity index (χ2n) is 4.37. The fourth-order valence-corrected chi connectivity index (χ4v) is 3.55. The van der Waals surface area contributed by atoms with Gasteiger partial charge in [-0.1, -0.05) is 0 Å². The summed E-state index contributed by atoms with van der Waals surface area (Å²) in [5.74, 6) is -0.180. The number of amides is 1. The number of anilines is 1. The third kappa shape index (κ3) is 2.74. The van der Waals surface area contributed by atoms with E-state index in [0.717, 1.165) is 0 Å². The van der Waals surface area contributed by atoms with Crippen LogP contribution in [0.25, 0.3) is 0 Å². The number of nitrogens with one attached hydrogen (secondary N) is 1. The number of hydrogen-bond acceptors (Lipinski definition) is 5. The maximum absolute atomic E-state index is 12.5. The minimum Gasteiger partial charge on any atom is -0.399 e. The van der Waals surface area contributed by atoms with Crippen LogP contribution >= 0.6 is 0 Å². The van der Waals surface area contributed by atoms with Gasteiger partial charge in [0.25, 0.3) is 0 Å². The van der Waals surface area contributed by atoms with Crippen LogP contribution in [0.1, 0.15) is 12.0 Å². The van der Waals surface area contributed by atoms with Gasteiger partial charge in [0.05, 0.1) is 5.56 Å². The van der Waals surface area contributed by atoms with E-state index in [1.54, 1.807) is 0 Å². The van der Waals surface area contributed by atoms with E-state index in [-0.39, 0.29) is 42.4 Å². The van der Waals surface area contributed by atoms with Crippen LogP contribution in [0, 0.1) is 11.3 Å². The Morgan fingerprint density at radius 2 is 2.10 bits per heavy atom. The summed E-state index contributed by atoms with van der Waals surface area (Å²) in [6.45, 7) is 0.543. The van der Waals surface area contributed by atoms with Crippen LogP contribution in [0.5, 0.6) is 0 Å². The second kappa shape index (κ2) is 5.48. The van der Waals surface area contributed by atoms with E-state index in [0.29, 0.717) is 5.69 Å². The van der Waals surface area contributed by atoms with E-state index in [1.165, 1.54) is 22.5 Å². The van der Waals surface area contributed by atoms with E-state index in [2.05, 4.69) is 5.32 Å². The van der Waals surface area contributed by atoms with E-state index in [1.807, 2.05) is 6.07 Å². The van der Waals surface area contributed by atoms with Gasteiger partial charge in [-0.05, 0) is 18.2 Å². The van der Waals surface area contributed by atoms with E-state index < -0.39 is 10.0 Å². The van der Waals surface area contributed by atoms with Gasteiger partial charge in [0, 0.05) is 31.7 Å². The highest BCUT2D eigenvalue weighted by atomic mass is 32.2. The molecule has 0 radical (unpaired) electrons. The highest BCUT2D eigenvalue weighted by Gasteiger charge is 2.28. The molecule has 0 aliphatic carbocycles. The van der Waals surface area contributed by atoms with Crippen molar-refractivity contribution >= 4 is 21.6 Å². The topological polar surface area (TPSA) is 116 Å². The van der Waals surface area contributed by atoms with Crippen molar-refractivity contribution in [2.45, 2.75) is 11.3 Å². The summed E-state index contributed by atoms with van der Waals surface area (Å²) in [4.78, 5) is 11.2. The number of nitrogens with two attached hydrogens (primary N) is 1. The van der Waals surface area contributed by atoms with Gasteiger partial charge < -0.3 is 11.1 Å². The number of rotatable bonds is 2. The number of carbonyl (C=O) groups is 1. The van der Waals surface area contributed by atoms with Crippen LogP contribution in [0.4, 0.5) is 5.69 Å². The number of nitrogens with zero attached hydrogens (tertiary/aromatic N) is 2. The van der Waals surface area contributed by atoms with Crippen LogP contribution in [0.3, 0.4) is 0 Å². The lowest BCUT2D eigenvalue weighted by atomic mass is 10.2. The number of hydrogen-bond donors (Lipinski definition) is 2. The van der Waals surface area contributed by atoms with Crippen molar-refractivity contribution in [3.8, 4) is 6.07 Å². The van der Waals surface area contributed by atoms with Crippen molar-refractivity contribution < 1.29 is 13.2 Å². The molecule has 1 aliphatic rings. The van der Waals surface area contributed by atoms with Crippen molar-refractivity contribution in [3.05, 3.63) is 23.8 Å². The molecule has 8 heteroatoms. The van der Waals surface area contributed by atoms with Gasteiger partial charge in [-0.25, -0.2) is 8.42 Å². The molecule has 2 rings (SSSR count). The molecular weight excluding hydrogens is 280 g/mol. The lowest BCUT2D eigenvalue weighted by Crippen LogP contribution is -2.34. The normalized spacial score (nSPS) is 17.1. The van der Waals surface area contributed by atoms with Gasteiger partial charge in [0.2, 0.25) is 15.9 Å². The molecule has 0 aromatic heterocycles. The molecule has 0 spiro atoms. The minimum atomic E-state index is -3.81. The van der Waals surface area contributed by atoms with Crippen molar-refractivity contribution in [2.24, 2.45) is 0 Å². The van der Waals surface area contributed by atoms with E-state index in [4.69, 9.17) is 11.0 Å². The molecule has 1 amide bonds. The average molecular weight is 294 g/mol. The van der Waals surface area contributed by atoms with Crippen molar-refractivity contribution in [1.82, 2.24) is 9.62 Å². The predicted molar refractivity (Wildman–Crippen MR) is 72.0 cm³/mol. The number of nitriles is 1. The number of nitrogen functional groups attached to an aromatic ring is 1. The predicted octanol–water partition coefficient (Wildman–Crippen LogP) is -0.349. The Morgan fingerprint density at radius 3 is 2.80 bits per heavy atom. The van der Waals surface area contributed by atoms with Gasteiger partial charge in [0.15, 0.2) is 0 Å². The molecule has 7 nitrogen and oxygen atoms in total. The maximum Gasteiger partial charge on any atom is 0.244 e. The molecule has 3 N–H and O–H groups in total. The third-order valence-corrected chi connectivity index (χ3v) is 4.97. The molecule has 20 heavy (non-hydrogen) atoms. The summed E-state index contributed by atoms with van der Waals surface area (Å²) in [5, 5.41) is 11.7. The lowest BCUT2D eigenvalue weighted by Gasteiger charge is -2.19. The first kappa shape index (κ1) is 14.3. The fourth-order valence-electron chi connectivity index (χ4n) is 1.99. The number of carbonyl (C=O) groups excluding carboxylic acids is 1. The third-order valence-electron chi connectivity index (χ3n) is 3.01. The van der Waals surface area contributed by atoms with Gasteiger partial charge in [-0.3, -0.25) is 4.79 Å². The molecule has 1 aliphatic heterocycles. The average Bonchev–Trinajstić information content (AvgIpc) is 2.63. The molecule has 0 atom stereocenters. The molecule has 1 aromatic carbocycles. The zero-order chi connectivity index (χ0) is 14.8. The SMILES string of the molecule is N#Cc1cc(N)ccc1S(=O)(=O)N1CCNC(=O)CC1. The molecule has 0 unspecified atom stereocenters. The minimum absolute atomic E-state index is 0.00790. The summed E-state index contributed by atoms with van der Waals surface area (Å²) in [5.41, 5.74) is 5.89. The van der Waals surface area contributed by atoms with Crippen LogP contribution < -0.4 is 11.1 Å². The summed E-state index contributed by atoms with van der Waals surface area (Å²) < 4.78 is 26.3. The molecule has 106 valence electrons. The number of sulfonamides is 1. The summed E-state index contributed by atoms with van der Waals surface area (Å²) in [6.07, 6.45) is 0.107. The maximum atomic E-state index is 12.5. The monoisotopic (exact) mass is 294 g/mol. The molecule has 1 saturated heterocycles. The summed E-state index contributed by atoms with van der Waals surface area (Å²) in [6, 6.07) is 5.93. The Morgan fingerprint density at radius 1 is 1.35 bits per heavy atom. The first-order chi connectivity index (χ1) is 9.45. The molecule has 1 aromatic rings. The van der Waals surface area contributed by atoms with Crippen molar-refractivity contribution in [3.63, 3.8) is 0 Å². The van der Waals surface area contributed by atoms with Gasteiger partial charge >= 0.3 is 0 Å². The van der Waals surface area contributed by atoms with Crippen molar-refractivity contribution in [2.75, 3.05) is 25.4 Å². The Labute approximate surface area is 117 Å². The molecule has 1 fully saturated rings. The smallest absolute Gasteiger partial charge is 0.244 e. The Balaban J connectivity index is 2.40. The second-order valence-corrected chi connectivity index (χ2v) is 6.28. The van der Waals surface area contributed by atoms with Crippen LogP contribution in [0.2, 0.25) is 0 Å². The molecular formula is C12H14N4O3S. The van der Waals surface area contributed by atoms with Gasteiger partial charge in [-0.2, -0.15) is 9.57 Å². The first-order valence-electron chi connectivity index (χ1n) is 6.01. The zero-order valence-electron chi connectivity index (χ0n) is 10.7. The van der Waals surface area contributed by atoms with Crippen LogP contribution in [-0.4, -0.2) is 38.3 Å². The largest absolute Gasteiger partial charge is 0.399 e. The zero-order valence-corrected chi connectivity index (χ0v) is 11.5. The van der Waals surface area contributed by atoms with Gasteiger partial charge in [0.1, 0.15) is 11.0 Å². The first-order valence-corrected chi connectivity index (χ1v) is 7.45. The number of benzene rings is 1. The van der Waals surface area contributed by atoms with Crippen LogP contribution in [0.15, 0.2) is 23.1 Å². The molecule has 0 bridgehead atoms. The van der Waals surface area contributed by atoms with Crippen molar-refractivity contribution in [1.29, 1.82) is 5.26 Å². The Hall–Kier alpha value is -2.11. The summed E-state index contributed by atoms with van der Waals surface area (Å²) in [7, 11) is -3.81. The van der Waals surface area contributed by atoms with Gasteiger partial charge in [-0.15, -0.1) is 0 Å². The Kier molecular flexibility index (Phi) is 3.92. The fraction of sp³-hybridized carbons (Fsp3) is 0.333. The quantitative estimate of drug-likeness (QED) is 0.723. The molecule has 1 heterocycles. The molecule has 0 saturated carbocycles. The van der Waals surface area contributed by atoms with E-state index in [9.17, 15) is 13.2 Å². The Bertz CT molecular complexity index is 678. The summed E-state index contributed by atoms with van der Waals surface area (Å²) >= 11 is 0. The van der Waals surface area contributed by atoms with E-state index >= 15 is 0 Å². The standard InChI is InChI=1S/C12H14N4O3S/c13-8-9-7-10(14)1-2-11(9)20(18,19)16-5-3-12(17)15-4-6-16/h1-2,7H,3-6,14H2,(H,15,17). The highest BCUT2D eigenvalue weighted by Crippen LogP contribution is 2.22. The highest BCUT2D eigenvalue weighted by molar-refractivity contribution is 7.89. The lowest BCUT2D eigenvalue weighted by molar-refractivity contribution is -0.120.